The predicted octanol–water partition coefficient (Wildman–Crippen LogP) is 5.16. The third kappa shape index (κ3) is 6.14. The van der Waals surface area contributed by atoms with Crippen molar-refractivity contribution in [1.29, 1.82) is 0 Å². The van der Waals surface area contributed by atoms with E-state index in [-0.39, 0.29) is 39.8 Å². The molecule has 14 heteroatoms. The first-order valence-corrected chi connectivity index (χ1v) is 16.4. The number of pyridine rings is 1. The summed E-state index contributed by atoms with van der Waals surface area (Å²) in [5.41, 5.74) is -0.468. The number of halogens is 2. The fraction of sp³-hybridized carbons (Fsp3) is 0.212. The fourth-order valence-corrected chi connectivity index (χ4v) is 7.26. The summed E-state index contributed by atoms with van der Waals surface area (Å²) in [6.07, 6.45) is -0.952. The van der Waals surface area contributed by atoms with Crippen LogP contribution in [0.15, 0.2) is 86.0 Å². The van der Waals surface area contributed by atoms with Crippen molar-refractivity contribution >= 4 is 62.9 Å². The molecule has 0 atom stereocenters. The number of hydrogen-bond acceptors (Lipinski definition) is 7. The third-order valence-electron chi connectivity index (χ3n) is 8.06. The van der Waals surface area contributed by atoms with Crippen molar-refractivity contribution in [2.45, 2.75) is 23.6 Å². The Morgan fingerprint density at radius 3 is 2.45 bits per heavy atom. The molecule has 2 aromatic heterocycles. The molecule has 1 amide bonds. The van der Waals surface area contributed by atoms with Crippen molar-refractivity contribution in [3.8, 4) is 11.4 Å². The van der Waals surface area contributed by atoms with Gasteiger partial charge in [-0.15, -0.1) is 11.8 Å². The largest absolute Gasteiger partial charge is 0.497 e. The minimum absolute atomic E-state index is 0.0322. The number of methoxy groups -OCH3 is 1. The van der Waals surface area contributed by atoms with E-state index < -0.39 is 28.7 Å². The van der Waals surface area contributed by atoms with Crippen LogP contribution in [-0.4, -0.2) is 55.3 Å². The minimum atomic E-state index is -0.952. The molecule has 6 rings (SSSR count). The number of ether oxygens (including phenoxy) is 1. The van der Waals surface area contributed by atoms with Crippen molar-refractivity contribution in [2.75, 3.05) is 25.5 Å². The van der Waals surface area contributed by atoms with Crippen LogP contribution in [0.25, 0.3) is 16.7 Å². The van der Waals surface area contributed by atoms with Gasteiger partial charge in [0.25, 0.3) is 11.1 Å². The number of anilines is 2. The molecule has 0 saturated carbocycles. The number of amides is 1. The van der Waals surface area contributed by atoms with E-state index in [9.17, 15) is 19.2 Å². The molecule has 3 aromatic carbocycles. The number of carbonyl (C=O) groups is 1. The molecular formula is C33H29FIN5O6S. The first kappa shape index (κ1) is 32.4. The Balaban J connectivity index is 1.55. The number of thioether (sulfide) groups is 1. The van der Waals surface area contributed by atoms with Crippen LogP contribution in [0.2, 0.25) is 0 Å². The van der Waals surface area contributed by atoms with Crippen LogP contribution in [0.5, 0.6) is 5.75 Å². The Labute approximate surface area is 285 Å². The van der Waals surface area contributed by atoms with Gasteiger partial charge in [-0.1, -0.05) is 18.2 Å². The Morgan fingerprint density at radius 1 is 1.06 bits per heavy atom. The average Bonchev–Trinajstić information content (AvgIpc) is 3.02. The highest BCUT2D eigenvalue weighted by Gasteiger charge is 2.31. The maximum absolute atomic E-state index is 15.6. The van der Waals surface area contributed by atoms with E-state index >= 15 is 4.39 Å². The molecular weight excluding hydrogens is 740 g/mol. The molecule has 242 valence electrons. The number of nitrogens with one attached hydrogen (secondary N) is 1. The number of likely N-dealkylation sites (tertiary alicyclic amines) is 1. The summed E-state index contributed by atoms with van der Waals surface area (Å²) in [5, 5.41) is 12.6. The van der Waals surface area contributed by atoms with E-state index in [0.717, 1.165) is 14.0 Å². The average molecular weight is 770 g/mol. The molecule has 0 unspecified atom stereocenters. The van der Waals surface area contributed by atoms with Crippen molar-refractivity contribution < 1.29 is 19.0 Å². The lowest BCUT2D eigenvalue weighted by molar-refractivity contribution is 0.121. The molecule has 0 spiro atoms. The van der Waals surface area contributed by atoms with Gasteiger partial charge in [0, 0.05) is 45.1 Å². The Kier molecular flexibility index (Phi) is 8.89. The number of aryl methyl sites for hydroxylation is 1. The number of carboxylic acid groups (broad SMARTS) is 1. The topological polar surface area (TPSA) is 128 Å². The molecule has 47 heavy (non-hydrogen) atoms. The second kappa shape index (κ2) is 12.9. The van der Waals surface area contributed by atoms with Gasteiger partial charge in [-0.25, -0.2) is 18.5 Å². The van der Waals surface area contributed by atoms with E-state index in [1.54, 1.807) is 43.3 Å². The molecule has 1 aliphatic rings. The maximum atomic E-state index is 15.6. The smallest absolute Gasteiger partial charge is 0.407 e. The standard InChI is InChI=1S/C33H29FIN5O6S/c1-18-28(36-21-5-4-6-23(14-21)47-24-16-38(17-24)33(44)45)27-29(37(2)30(18)41)40(26-12-9-20(35)13-25(26)34)32(43)39(31(27)42)15-19-7-10-22(46-3)11-8-19/h4-14,24,36H,15-17H2,1-3H3,(H,44,45). The van der Waals surface area contributed by atoms with Crippen LogP contribution in [0.3, 0.4) is 0 Å². The molecule has 0 radical (unpaired) electrons. The lowest BCUT2D eigenvalue weighted by Gasteiger charge is -2.36. The van der Waals surface area contributed by atoms with Gasteiger partial charge in [0.1, 0.15) is 22.6 Å². The molecule has 5 aromatic rings. The highest BCUT2D eigenvalue weighted by Crippen LogP contribution is 2.33. The van der Waals surface area contributed by atoms with Crippen LogP contribution in [0, 0.1) is 16.3 Å². The maximum Gasteiger partial charge on any atom is 0.407 e. The monoisotopic (exact) mass is 769 g/mol. The van der Waals surface area contributed by atoms with Crippen molar-refractivity contribution in [3.05, 3.63) is 118 Å². The number of benzene rings is 3. The lowest BCUT2D eigenvalue weighted by Crippen LogP contribution is -2.51. The van der Waals surface area contributed by atoms with Crippen LogP contribution in [-0.2, 0) is 13.6 Å². The van der Waals surface area contributed by atoms with E-state index in [1.807, 2.05) is 40.8 Å². The van der Waals surface area contributed by atoms with Gasteiger partial charge in [0.05, 0.1) is 25.0 Å². The van der Waals surface area contributed by atoms with Gasteiger partial charge in [0.15, 0.2) is 0 Å². The molecule has 1 fully saturated rings. The van der Waals surface area contributed by atoms with E-state index in [0.29, 0.717) is 33.7 Å². The van der Waals surface area contributed by atoms with Crippen LogP contribution in [0.4, 0.5) is 20.6 Å². The summed E-state index contributed by atoms with van der Waals surface area (Å²) in [7, 11) is 2.98. The third-order valence-corrected chi connectivity index (χ3v) is 9.89. The number of hydrogen-bond donors (Lipinski definition) is 2. The summed E-state index contributed by atoms with van der Waals surface area (Å²) in [6.45, 7) is 2.30. The predicted molar refractivity (Wildman–Crippen MR) is 188 cm³/mol. The highest BCUT2D eigenvalue weighted by atomic mass is 127. The van der Waals surface area contributed by atoms with Crippen LogP contribution >= 0.6 is 34.4 Å². The molecule has 0 bridgehead atoms. The normalized spacial score (nSPS) is 13.1. The van der Waals surface area contributed by atoms with Gasteiger partial charge in [-0.3, -0.25) is 18.7 Å². The first-order valence-electron chi connectivity index (χ1n) is 14.5. The van der Waals surface area contributed by atoms with Gasteiger partial charge in [-0.2, -0.15) is 0 Å². The molecule has 1 saturated heterocycles. The number of fused-ring (bicyclic) bond motifs is 1. The quantitative estimate of drug-likeness (QED) is 0.208. The number of rotatable bonds is 8. The van der Waals surface area contributed by atoms with Gasteiger partial charge in [0.2, 0.25) is 0 Å². The minimum Gasteiger partial charge on any atom is -0.497 e. The SMILES string of the molecule is COc1ccc(Cn2c(=O)c3c(Nc4cccc(SC5CN(C(=O)O)C5)c4)c(C)c(=O)n(C)c3n(-c3ccc(I)cc3F)c2=O)cc1. The van der Waals surface area contributed by atoms with Crippen molar-refractivity contribution in [2.24, 2.45) is 7.05 Å². The highest BCUT2D eigenvalue weighted by molar-refractivity contribution is 14.1. The Hall–Kier alpha value is -4.57. The second-order valence-corrected chi connectivity index (χ2v) is 13.7. The van der Waals surface area contributed by atoms with E-state index in [2.05, 4.69) is 5.32 Å². The lowest BCUT2D eigenvalue weighted by atomic mass is 10.1. The molecule has 0 aliphatic carbocycles. The molecule has 11 nitrogen and oxygen atoms in total. The molecule has 1 aliphatic heterocycles. The van der Waals surface area contributed by atoms with Gasteiger partial charge in [-0.05, 0) is 83.6 Å². The van der Waals surface area contributed by atoms with Gasteiger partial charge < -0.3 is 20.1 Å². The van der Waals surface area contributed by atoms with Crippen molar-refractivity contribution in [3.63, 3.8) is 0 Å². The van der Waals surface area contributed by atoms with E-state index in [4.69, 9.17) is 9.84 Å². The zero-order valence-electron chi connectivity index (χ0n) is 25.5. The summed E-state index contributed by atoms with van der Waals surface area (Å²) in [6, 6.07) is 18.6. The Bertz CT molecular complexity index is 2230. The summed E-state index contributed by atoms with van der Waals surface area (Å²) < 4.78 is 24.8. The summed E-state index contributed by atoms with van der Waals surface area (Å²) in [4.78, 5) is 55.6. The van der Waals surface area contributed by atoms with Gasteiger partial charge >= 0.3 is 11.8 Å². The zero-order chi connectivity index (χ0) is 33.6. The first-order chi connectivity index (χ1) is 22.5. The number of aromatic nitrogens is 3. The number of nitrogens with zero attached hydrogens (tertiary/aromatic N) is 4. The molecule has 3 heterocycles. The zero-order valence-corrected chi connectivity index (χ0v) is 28.5. The second-order valence-electron chi connectivity index (χ2n) is 11.1. The summed E-state index contributed by atoms with van der Waals surface area (Å²) in [5.74, 6) is -0.0910. The van der Waals surface area contributed by atoms with Crippen LogP contribution in [0.1, 0.15) is 11.1 Å². The Morgan fingerprint density at radius 2 is 1.79 bits per heavy atom. The summed E-state index contributed by atoms with van der Waals surface area (Å²) >= 11 is 3.50. The van der Waals surface area contributed by atoms with Crippen molar-refractivity contribution in [1.82, 2.24) is 18.6 Å². The van der Waals surface area contributed by atoms with Crippen LogP contribution < -0.4 is 26.9 Å². The fourth-order valence-electron chi connectivity index (χ4n) is 5.56. The molecule has 2 N–H and O–H groups in total. The van der Waals surface area contributed by atoms with E-state index in [1.165, 1.54) is 47.5 Å².